The number of carboxylic acids is 1. The fourth-order valence-electron chi connectivity index (χ4n) is 8.23. The molecule has 6 unspecified atom stereocenters. The molecule has 12 nitrogen and oxygen atoms in total. The van der Waals surface area contributed by atoms with Gasteiger partial charge in [-0.2, -0.15) is 0 Å². The number of carbonyl (C=O) groups is 4. The molecule has 0 amide bonds. The van der Waals surface area contributed by atoms with Gasteiger partial charge in [0, 0.05) is 19.3 Å². The summed E-state index contributed by atoms with van der Waals surface area (Å²) in [5.74, 6) is -3.25. The minimum atomic E-state index is -1.92. The third-order valence-electron chi connectivity index (χ3n) is 12.8. The van der Waals surface area contributed by atoms with Crippen LogP contribution in [0.2, 0.25) is 0 Å². The van der Waals surface area contributed by atoms with Crippen LogP contribution in [0, 0.1) is 0 Å². The normalized spacial score (nSPS) is 18.8. The van der Waals surface area contributed by atoms with Gasteiger partial charge in [0.15, 0.2) is 24.6 Å². The number of unbranched alkanes of at least 4 members (excludes halogenated alkanes) is 17. The summed E-state index contributed by atoms with van der Waals surface area (Å²) < 4.78 is 28.3. The number of rotatable bonds is 49. The lowest BCUT2D eigenvalue weighted by atomic mass is 9.98. The summed E-state index contributed by atoms with van der Waals surface area (Å²) in [4.78, 5) is 51.1. The number of esters is 3. The maximum Gasteiger partial charge on any atom is 0.335 e. The Morgan fingerprint density at radius 1 is 0.442 bits per heavy atom. The van der Waals surface area contributed by atoms with Gasteiger partial charge in [0.2, 0.25) is 0 Å². The fourth-order valence-corrected chi connectivity index (χ4v) is 8.23. The summed E-state index contributed by atoms with van der Waals surface area (Å²) in [6, 6.07) is 0. The molecule has 0 aliphatic carbocycles. The van der Waals surface area contributed by atoms with Crippen LogP contribution < -0.4 is 0 Å². The van der Waals surface area contributed by atoms with Gasteiger partial charge in [-0.3, -0.25) is 14.4 Å². The summed E-state index contributed by atoms with van der Waals surface area (Å²) in [5, 5.41) is 31.5. The molecule has 1 aliphatic rings. The molecular formula is C65H104O12. The fraction of sp³-hybridized carbons (Fsp3) is 0.662. The molecular weight excluding hydrogens is 973 g/mol. The highest BCUT2D eigenvalue weighted by Crippen LogP contribution is 2.26. The van der Waals surface area contributed by atoms with Gasteiger partial charge in [0.25, 0.3) is 0 Å². The first kappa shape index (κ1) is 70.4. The van der Waals surface area contributed by atoms with E-state index in [9.17, 15) is 34.5 Å². The van der Waals surface area contributed by atoms with Crippen molar-refractivity contribution in [2.75, 3.05) is 13.2 Å². The Balaban J connectivity index is 2.76. The second-order valence-corrected chi connectivity index (χ2v) is 19.9. The molecule has 6 atom stereocenters. The van der Waals surface area contributed by atoms with Crippen LogP contribution in [-0.4, -0.2) is 89.2 Å². The highest BCUT2D eigenvalue weighted by molar-refractivity contribution is 5.74. The number of hydrogen-bond donors (Lipinski definition) is 3. The predicted octanol–water partition coefficient (Wildman–Crippen LogP) is 15.4. The predicted molar refractivity (Wildman–Crippen MR) is 312 cm³/mol. The lowest BCUT2D eigenvalue weighted by Gasteiger charge is -2.40. The van der Waals surface area contributed by atoms with E-state index in [0.29, 0.717) is 25.7 Å². The molecule has 1 rings (SSSR count). The van der Waals surface area contributed by atoms with E-state index in [2.05, 4.69) is 124 Å². The summed E-state index contributed by atoms with van der Waals surface area (Å²) in [6.07, 6.45) is 57.7. The lowest BCUT2D eigenvalue weighted by Crippen LogP contribution is -2.61. The van der Waals surface area contributed by atoms with Gasteiger partial charge in [-0.25, -0.2) is 4.79 Å². The first-order valence-electron chi connectivity index (χ1n) is 29.9. The highest BCUT2D eigenvalue weighted by Gasteiger charge is 2.50. The largest absolute Gasteiger partial charge is 0.479 e. The molecule has 0 aromatic heterocycles. The molecule has 0 aromatic rings. The Hall–Kier alpha value is -4.62. The van der Waals surface area contributed by atoms with Crippen molar-refractivity contribution in [1.29, 1.82) is 0 Å². The van der Waals surface area contributed by atoms with Crippen LogP contribution in [0.15, 0.2) is 109 Å². The Morgan fingerprint density at radius 2 is 0.831 bits per heavy atom. The standard InChI is InChI=1S/C65H104O12/c1-4-7-10-13-16-19-22-25-28-29-32-33-36-39-42-45-48-51-57(66)73-54-56(75-58(67)52-49-46-43-40-37-34-30-26-23-20-17-14-11-8-5-2)55-74-65-63(61(70)60(69)62(77-65)64(71)72)76-59(68)53-50-47-44-41-38-35-31-27-24-21-18-15-12-9-6-3/h7,10,16-21,25-28,30-33,39,42,56,60-63,65,69-70H,4-6,8-9,11-15,22-24,29,34-38,40-41,43-55H2,1-3H3,(H,71,72)/b10-7-,19-16-,20-17-,21-18-,28-25-,30-26-,31-27-,33-32-,42-39-. The van der Waals surface area contributed by atoms with Gasteiger partial charge in [0.1, 0.15) is 18.8 Å². The molecule has 1 heterocycles. The van der Waals surface area contributed by atoms with Crippen molar-refractivity contribution in [3.05, 3.63) is 109 Å². The van der Waals surface area contributed by atoms with Crippen LogP contribution in [0.25, 0.3) is 0 Å². The quantitative estimate of drug-likeness (QED) is 0.0228. The number of aliphatic hydroxyl groups excluding tert-OH is 2. The van der Waals surface area contributed by atoms with Crippen molar-refractivity contribution >= 4 is 23.9 Å². The average Bonchev–Trinajstić information content (AvgIpc) is 3.42. The lowest BCUT2D eigenvalue weighted by molar-refractivity contribution is -0.301. The average molecular weight is 1080 g/mol. The minimum Gasteiger partial charge on any atom is -0.479 e. The van der Waals surface area contributed by atoms with Crippen molar-refractivity contribution in [3.63, 3.8) is 0 Å². The van der Waals surface area contributed by atoms with E-state index in [1.807, 2.05) is 6.08 Å². The summed E-state index contributed by atoms with van der Waals surface area (Å²) in [7, 11) is 0. The van der Waals surface area contributed by atoms with Crippen LogP contribution in [0.5, 0.6) is 0 Å². The number of hydrogen-bond acceptors (Lipinski definition) is 11. The second kappa shape index (κ2) is 52.1. The molecule has 12 heteroatoms. The number of ether oxygens (including phenoxy) is 5. The van der Waals surface area contributed by atoms with E-state index in [1.54, 1.807) is 0 Å². The zero-order valence-electron chi connectivity index (χ0n) is 47.9. The molecule has 0 aromatic carbocycles. The Labute approximate surface area is 465 Å². The summed E-state index contributed by atoms with van der Waals surface area (Å²) in [6.45, 7) is 5.75. The molecule has 436 valence electrons. The topological polar surface area (TPSA) is 175 Å². The molecule has 1 aliphatic heterocycles. The number of allylic oxidation sites excluding steroid dienone is 18. The zero-order valence-corrected chi connectivity index (χ0v) is 47.9. The van der Waals surface area contributed by atoms with E-state index in [-0.39, 0.29) is 25.9 Å². The second-order valence-electron chi connectivity index (χ2n) is 19.9. The molecule has 1 saturated heterocycles. The van der Waals surface area contributed by atoms with Crippen LogP contribution in [0.1, 0.15) is 226 Å². The van der Waals surface area contributed by atoms with Crippen molar-refractivity contribution < 1.29 is 58.2 Å². The third-order valence-corrected chi connectivity index (χ3v) is 12.8. The maximum absolute atomic E-state index is 13.1. The zero-order chi connectivity index (χ0) is 56.1. The molecule has 77 heavy (non-hydrogen) atoms. The number of carboxylic acid groups (broad SMARTS) is 1. The first-order valence-corrected chi connectivity index (χ1v) is 29.9. The Kier molecular flexibility index (Phi) is 47.6. The van der Waals surface area contributed by atoms with Crippen LogP contribution in [0.4, 0.5) is 0 Å². The molecule has 0 radical (unpaired) electrons. The van der Waals surface area contributed by atoms with Crippen molar-refractivity contribution in [2.45, 2.75) is 263 Å². The molecule has 3 N–H and O–H groups in total. The smallest absolute Gasteiger partial charge is 0.335 e. The van der Waals surface area contributed by atoms with E-state index < -0.39 is 67.3 Å². The van der Waals surface area contributed by atoms with Gasteiger partial charge in [-0.15, -0.1) is 0 Å². The number of aliphatic hydroxyl groups is 2. The van der Waals surface area contributed by atoms with E-state index in [1.165, 1.54) is 38.5 Å². The number of aliphatic carboxylic acids is 1. The molecule has 0 bridgehead atoms. The van der Waals surface area contributed by atoms with E-state index in [4.69, 9.17) is 23.7 Å². The minimum absolute atomic E-state index is 0.0321. The van der Waals surface area contributed by atoms with Crippen LogP contribution in [-0.2, 0) is 42.9 Å². The van der Waals surface area contributed by atoms with Gasteiger partial charge >= 0.3 is 23.9 Å². The Morgan fingerprint density at radius 3 is 1.29 bits per heavy atom. The van der Waals surface area contributed by atoms with Gasteiger partial charge in [-0.1, -0.05) is 194 Å². The molecule has 0 spiro atoms. The van der Waals surface area contributed by atoms with Crippen molar-refractivity contribution in [2.24, 2.45) is 0 Å². The van der Waals surface area contributed by atoms with Crippen molar-refractivity contribution in [3.8, 4) is 0 Å². The summed E-state index contributed by atoms with van der Waals surface area (Å²) >= 11 is 0. The molecule has 0 saturated carbocycles. The van der Waals surface area contributed by atoms with Gasteiger partial charge in [-0.05, 0) is 122 Å². The van der Waals surface area contributed by atoms with Crippen molar-refractivity contribution in [1.82, 2.24) is 0 Å². The first-order chi connectivity index (χ1) is 37.6. The van der Waals surface area contributed by atoms with Gasteiger partial charge < -0.3 is 39.0 Å². The third kappa shape index (κ3) is 42.1. The SMILES string of the molecule is CC/C=C\C/C=C\C/C=C\C/C=C\C/C=C\CCCC(=O)OCC(COC1OC(C(=O)O)C(O)C(O)C1OC(=O)CCCCCCC/C=C\C/C=C\CCCCC)OC(=O)CCCCCCC/C=C\C/C=C\CCCCC. The maximum atomic E-state index is 13.1. The van der Waals surface area contributed by atoms with E-state index >= 15 is 0 Å². The molecule has 1 fully saturated rings. The number of carbonyl (C=O) groups excluding carboxylic acids is 3. The van der Waals surface area contributed by atoms with Gasteiger partial charge in [0.05, 0.1) is 6.61 Å². The summed E-state index contributed by atoms with van der Waals surface area (Å²) in [5.41, 5.74) is 0. The monoisotopic (exact) mass is 1080 g/mol. The van der Waals surface area contributed by atoms with Crippen LogP contribution >= 0.6 is 0 Å². The highest BCUT2D eigenvalue weighted by atomic mass is 16.7. The van der Waals surface area contributed by atoms with E-state index in [0.717, 1.165) is 122 Å². The Bertz CT molecular complexity index is 1750. The van der Waals surface area contributed by atoms with Crippen LogP contribution in [0.3, 0.4) is 0 Å².